The van der Waals surface area contributed by atoms with E-state index in [0.717, 1.165) is 6.54 Å². The molecule has 1 aromatic heterocycles. The van der Waals surface area contributed by atoms with E-state index in [4.69, 9.17) is 0 Å². The molecule has 0 aliphatic heterocycles. The van der Waals surface area contributed by atoms with Gasteiger partial charge in [0.15, 0.2) is 0 Å². The average molecular weight is 308 g/mol. The van der Waals surface area contributed by atoms with Gasteiger partial charge in [-0.05, 0) is 27.1 Å². The van der Waals surface area contributed by atoms with Crippen LogP contribution >= 0.6 is 0 Å². The molecule has 2 N–H and O–H groups in total. The minimum atomic E-state index is -1.06. The van der Waals surface area contributed by atoms with Crippen molar-refractivity contribution in [2.24, 2.45) is 0 Å². The summed E-state index contributed by atoms with van der Waals surface area (Å²) in [5, 5.41) is 12.0. The highest BCUT2D eigenvalue weighted by atomic mass is 16.4. The van der Waals surface area contributed by atoms with Gasteiger partial charge in [0.25, 0.3) is 0 Å². The van der Waals surface area contributed by atoms with Gasteiger partial charge in [0, 0.05) is 26.1 Å². The lowest BCUT2D eigenvalue weighted by atomic mass is 10.2. The van der Waals surface area contributed by atoms with Gasteiger partial charge < -0.3 is 20.2 Å². The molecule has 1 aromatic rings. The van der Waals surface area contributed by atoms with Crippen LogP contribution in [0.3, 0.4) is 0 Å². The molecule has 0 spiro atoms. The van der Waals surface area contributed by atoms with Crippen LogP contribution in [0, 0.1) is 0 Å². The van der Waals surface area contributed by atoms with E-state index in [1.54, 1.807) is 6.92 Å². The second-order valence-corrected chi connectivity index (χ2v) is 5.18. The number of carboxylic acid groups (broad SMARTS) is 1. The standard InChI is InChI=1S/C15H24N4O3/c1-5-13(20)17-11-9-12(15(21)22)14(16-10-11)19(6-2)8-7-18(3)4/h9-10H,5-8H2,1-4H3,(H,17,20)(H,21,22). The van der Waals surface area contributed by atoms with Gasteiger partial charge in [0.05, 0.1) is 11.9 Å². The molecule has 1 rings (SSSR count). The van der Waals surface area contributed by atoms with Crippen molar-refractivity contribution in [1.29, 1.82) is 0 Å². The second kappa shape index (κ2) is 8.33. The van der Waals surface area contributed by atoms with Crippen LogP contribution in [-0.2, 0) is 4.79 Å². The summed E-state index contributed by atoms with van der Waals surface area (Å²) in [5.41, 5.74) is 0.492. The normalized spacial score (nSPS) is 10.6. The van der Waals surface area contributed by atoms with Crippen molar-refractivity contribution < 1.29 is 14.7 Å². The number of likely N-dealkylation sites (N-methyl/N-ethyl adjacent to an activating group) is 2. The van der Waals surface area contributed by atoms with Crippen molar-refractivity contribution in [1.82, 2.24) is 9.88 Å². The number of nitrogens with one attached hydrogen (secondary N) is 1. The third kappa shape index (κ3) is 5.00. The molecule has 0 aromatic carbocycles. The Hall–Kier alpha value is -2.15. The van der Waals surface area contributed by atoms with Crippen LogP contribution in [0.4, 0.5) is 11.5 Å². The summed E-state index contributed by atoms with van der Waals surface area (Å²) in [6.07, 6.45) is 1.82. The molecule has 0 radical (unpaired) electrons. The quantitative estimate of drug-likeness (QED) is 0.757. The van der Waals surface area contributed by atoms with Crippen molar-refractivity contribution >= 4 is 23.4 Å². The maximum Gasteiger partial charge on any atom is 0.339 e. The van der Waals surface area contributed by atoms with Crippen LogP contribution in [0.2, 0.25) is 0 Å². The number of carboxylic acids is 1. The Morgan fingerprint density at radius 1 is 1.27 bits per heavy atom. The van der Waals surface area contributed by atoms with Crippen LogP contribution in [0.5, 0.6) is 0 Å². The summed E-state index contributed by atoms with van der Waals surface area (Å²) >= 11 is 0. The Labute approximate surface area is 130 Å². The maximum atomic E-state index is 11.5. The zero-order valence-electron chi connectivity index (χ0n) is 13.6. The molecule has 0 aliphatic carbocycles. The highest BCUT2D eigenvalue weighted by Crippen LogP contribution is 2.21. The van der Waals surface area contributed by atoms with Crippen molar-refractivity contribution in [3.63, 3.8) is 0 Å². The molecule has 0 aliphatic rings. The van der Waals surface area contributed by atoms with Gasteiger partial charge in [-0.25, -0.2) is 9.78 Å². The molecule has 0 saturated carbocycles. The van der Waals surface area contributed by atoms with Crippen LogP contribution < -0.4 is 10.2 Å². The topological polar surface area (TPSA) is 85.8 Å². The van der Waals surface area contributed by atoms with E-state index < -0.39 is 5.97 Å². The zero-order valence-corrected chi connectivity index (χ0v) is 13.6. The number of amides is 1. The fraction of sp³-hybridized carbons (Fsp3) is 0.533. The Kier molecular flexibility index (Phi) is 6.78. The fourth-order valence-corrected chi connectivity index (χ4v) is 1.92. The Morgan fingerprint density at radius 3 is 2.45 bits per heavy atom. The van der Waals surface area contributed by atoms with Crippen LogP contribution in [0.1, 0.15) is 30.6 Å². The van der Waals surface area contributed by atoms with E-state index in [9.17, 15) is 14.7 Å². The number of carbonyl (C=O) groups is 2. The van der Waals surface area contributed by atoms with Gasteiger partial charge in [-0.15, -0.1) is 0 Å². The van der Waals surface area contributed by atoms with Crippen molar-refractivity contribution in [2.45, 2.75) is 20.3 Å². The Morgan fingerprint density at radius 2 is 1.95 bits per heavy atom. The summed E-state index contributed by atoms with van der Waals surface area (Å²) < 4.78 is 0. The van der Waals surface area contributed by atoms with Gasteiger partial charge in [0.2, 0.25) is 5.91 Å². The highest BCUT2D eigenvalue weighted by molar-refractivity contribution is 5.96. The van der Waals surface area contributed by atoms with Crippen molar-refractivity contribution in [3.05, 3.63) is 17.8 Å². The zero-order chi connectivity index (χ0) is 16.7. The first-order valence-electron chi connectivity index (χ1n) is 7.31. The van der Waals surface area contributed by atoms with Crippen LogP contribution in [0.15, 0.2) is 12.3 Å². The fourth-order valence-electron chi connectivity index (χ4n) is 1.92. The molecule has 7 heteroatoms. The highest BCUT2D eigenvalue weighted by Gasteiger charge is 2.18. The van der Waals surface area contributed by atoms with Crippen molar-refractivity contribution in [3.8, 4) is 0 Å². The minimum Gasteiger partial charge on any atom is -0.478 e. The number of nitrogens with zero attached hydrogens (tertiary/aromatic N) is 3. The molecular weight excluding hydrogens is 284 g/mol. The number of carbonyl (C=O) groups excluding carboxylic acids is 1. The van der Waals surface area contributed by atoms with E-state index >= 15 is 0 Å². The number of pyridine rings is 1. The molecule has 0 bridgehead atoms. The maximum absolute atomic E-state index is 11.5. The first-order valence-corrected chi connectivity index (χ1v) is 7.31. The van der Waals surface area contributed by atoms with Crippen LogP contribution in [-0.4, -0.2) is 60.6 Å². The van der Waals surface area contributed by atoms with Crippen molar-refractivity contribution in [2.75, 3.05) is 43.9 Å². The van der Waals surface area contributed by atoms with E-state index in [0.29, 0.717) is 31.0 Å². The molecule has 0 unspecified atom stereocenters. The molecular formula is C15H24N4O3. The molecule has 1 heterocycles. The summed E-state index contributed by atoms with van der Waals surface area (Å²) in [6, 6.07) is 1.45. The lowest BCUT2D eigenvalue weighted by Crippen LogP contribution is -2.33. The van der Waals surface area contributed by atoms with E-state index in [1.807, 2.05) is 30.8 Å². The Bertz CT molecular complexity index is 532. The van der Waals surface area contributed by atoms with Crippen LogP contribution in [0.25, 0.3) is 0 Å². The summed E-state index contributed by atoms with van der Waals surface area (Å²) in [7, 11) is 3.92. The van der Waals surface area contributed by atoms with E-state index in [1.165, 1.54) is 12.3 Å². The predicted octanol–water partition coefficient (Wildman–Crippen LogP) is 1.52. The first-order chi connectivity index (χ1) is 10.4. The molecule has 0 saturated heterocycles. The van der Waals surface area contributed by atoms with Gasteiger partial charge in [-0.2, -0.15) is 0 Å². The lowest BCUT2D eigenvalue weighted by Gasteiger charge is -2.25. The SMILES string of the molecule is CCC(=O)Nc1cnc(N(CC)CCN(C)C)c(C(=O)O)c1. The molecule has 0 atom stereocenters. The predicted molar refractivity (Wildman–Crippen MR) is 86.6 cm³/mol. The number of aromatic carboxylic acids is 1. The van der Waals surface area contributed by atoms with Gasteiger partial charge in [0.1, 0.15) is 11.4 Å². The molecule has 1 amide bonds. The number of hydrogen-bond donors (Lipinski definition) is 2. The Balaban J connectivity index is 3.07. The average Bonchev–Trinajstić information content (AvgIpc) is 2.48. The number of aromatic nitrogens is 1. The number of anilines is 2. The number of rotatable bonds is 8. The van der Waals surface area contributed by atoms with Gasteiger partial charge >= 0.3 is 5.97 Å². The monoisotopic (exact) mass is 308 g/mol. The largest absolute Gasteiger partial charge is 0.478 e. The van der Waals surface area contributed by atoms with E-state index in [-0.39, 0.29) is 11.5 Å². The smallest absolute Gasteiger partial charge is 0.339 e. The summed E-state index contributed by atoms with van der Waals surface area (Å²) in [5.74, 6) is -0.810. The third-order valence-corrected chi connectivity index (χ3v) is 3.20. The molecule has 0 fully saturated rings. The minimum absolute atomic E-state index is 0.0921. The van der Waals surface area contributed by atoms with E-state index in [2.05, 4.69) is 10.3 Å². The molecule has 22 heavy (non-hydrogen) atoms. The number of hydrogen-bond acceptors (Lipinski definition) is 5. The first kappa shape index (κ1) is 17.9. The molecule has 7 nitrogen and oxygen atoms in total. The summed E-state index contributed by atoms with van der Waals surface area (Å²) in [6.45, 7) is 5.81. The van der Waals surface area contributed by atoms with Gasteiger partial charge in [-0.1, -0.05) is 6.92 Å². The lowest BCUT2D eigenvalue weighted by molar-refractivity contribution is -0.115. The molecule has 122 valence electrons. The third-order valence-electron chi connectivity index (χ3n) is 3.20. The summed E-state index contributed by atoms with van der Waals surface area (Å²) in [4.78, 5) is 31.1. The van der Waals surface area contributed by atoms with Gasteiger partial charge in [-0.3, -0.25) is 4.79 Å². The second-order valence-electron chi connectivity index (χ2n) is 5.18.